The van der Waals surface area contributed by atoms with E-state index < -0.39 is 11.8 Å². The molecule has 0 radical (unpaired) electrons. The Morgan fingerprint density at radius 1 is 1.00 bits per heavy atom. The number of ether oxygens (including phenoxy) is 1. The van der Waals surface area contributed by atoms with Gasteiger partial charge in [0.25, 0.3) is 0 Å². The predicted molar refractivity (Wildman–Crippen MR) is 93.8 cm³/mol. The molecule has 0 bridgehead atoms. The van der Waals surface area contributed by atoms with Crippen molar-refractivity contribution in [2.24, 2.45) is 5.73 Å². The normalized spacial score (nSPS) is 11.8. The van der Waals surface area contributed by atoms with E-state index in [4.69, 9.17) is 10.5 Å². The summed E-state index contributed by atoms with van der Waals surface area (Å²) >= 11 is 0. The van der Waals surface area contributed by atoms with Crippen LogP contribution in [0.2, 0.25) is 0 Å². The lowest BCUT2D eigenvalue weighted by Gasteiger charge is -2.10. The Morgan fingerprint density at radius 2 is 1.60 bits per heavy atom. The third-order valence-corrected chi connectivity index (χ3v) is 3.89. The van der Waals surface area contributed by atoms with Crippen LogP contribution >= 0.6 is 0 Å². The zero-order valence-corrected chi connectivity index (χ0v) is 13.6. The van der Waals surface area contributed by atoms with Gasteiger partial charge in [-0.1, -0.05) is 12.1 Å². The van der Waals surface area contributed by atoms with E-state index in [1.165, 1.54) is 12.1 Å². The Balaban J connectivity index is 1.79. The molecule has 1 atom stereocenters. The summed E-state index contributed by atoms with van der Waals surface area (Å²) < 4.78 is 18.6. The molecule has 1 aromatic heterocycles. The van der Waals surface area contributed by atoms with Gasteiger partial charge in [-0.2, -0.15) is 0 Å². The van der Waals surface area contributed by atoms with Crippen LogP contribution < -0.4 is 10.5 Å². The zero-order valence-electron chi connectivity index (χ0n) is 13.6. The lowest BCUT2D eigenvalue weighted by Crippen LogP contribution is -2.19. The number of nitrogens with two attached hydrogens (primary N) is 1. The first-order valence-corrected chi connectivity index (χ1v) is 7.82. The number of halogens is 1. The number of pyridine rings is 1. The topological polar surface area (TPSA) is 65.2 Å². The van der Waals surface area contributed by atoms with Crippen LogP contribution in [0.1, 0.15) is 18.5 Å². The van der Waals surface area contributed by atoms with Gasteiger partial charge in [0.2, 0.25) is 5.91 Å². The average Bonchev–Trinajstić information content (AvgIpc) is 2.63. The minimum atomic E-state index is -0.443. The molecule has 1 heterocycles. The Kier molecular flexibility index (Phi) is 4.75. The number of nitrogens with zero attached hydrogens (tertiary/aromatic N) is 1. The summed E-state index contributed by atoms with van der Waals surface area (Å²) in [6.45, 7) is 1.73. The highest BCUT2D eigenvalue weighted by Gasteiger charge is 2.13. The van der Waals surface area contributed by atoms with Gasteiger partial charge >= 0.3 is 0 Å². The van der Waals surface area contributed by atoms with Crippen LogP contribution in [0.5, 0.6) is 11.5 Å². The van der Waals surface area contributed by atoms with Gasteiger partial charge in [-0.15, -0.1) is 0 Å². The lowest BCUT2D eigenvalue weighted by molar-refractivity contribution is -0.119. The predicted octanol–water partition coefficient (Wildman–Crippen LogP) is 4.27. The van der Waals surface area contributed by atoms with Gasteiger partial charge in [0, 0.05) is 6.20 Å². The Labute approximate surface area is 145 Å². The molecular formula is C20H17FN2O2. The smallest absolute Gasteiger partial charge is 0.226 e. The summed E-state index contributed by atoms with van der Waals surface area (Å²) in [6.07, 6.45) is 1.66. The number of hydrogen-bond acceptors (Lipinski definition) is 3. The molecule has 0 aliphatic carbocycles. The first-order valence-electron chi connectivity index (χ1n) is 7.82. The van der Waals surface area contributed by atoms with Crippen LogP contribution in [0.15, 0.2) is 66.9 Å². The fourth-order valence-corrected chi connectivity index (χ4v) is 2.36. The fourth-order valence-electron chi connectivity index (χ4n) is 2.36. The molecule has 4 nitrogen and oxygen atoms in total. The molecule has 1 amide bonds. The van der Waals surface area contributed by atoms with Gasteiger partial charge in [0.05, 0.1) is 11.6 Å². The van der Waals surface area contributed by atoms with Crippen molar-refractivity contribution in [3.8, 4) is 22.6 Å². The van der Waals surface area contributed by atoms with Crippen molar-refractivity contribution in [1.29, 1.82) is 0 Å². The van der Waals surface area contributed by atoms with Crippen LogP contribution in [0.25, 0.3) is 11.1 Å². The van der Waals surface area contributed by atoms with E-state index in [2.05, 4.69) is 4.98 Å². The second-order valence-electron chi connectivity index (χ2n) is 5.67. The van der Waals surface area contributed by atoms with Crippen molar-refractivity contribution in [1.82, 2.24) is 4.98 Å². The van der Waals surface area contributed by atoms with E-state index in [-0.39, 0.29) is 5.82 Å². The molecule has 1 unspecified atom stereocenters. The van der Waals surface area contributed by atoms with Crippen molar-refractivity contribution in [3.05, 3.63) is 78.4 Å². The number of aromatic nitrogens is 1. The maximum atomic E-state index is 12.9. The van der Waals surface area contributed by atoms with E-state index >= 15 is 0 Å². The van der Waals surface area contributed by atoms with Crippen LogP contribution in [-0.4, -0.2) is 10.9 Å². The third kappa shape index (κ3) is 4.01. The summed E-state index contributed by atoms with van der Waals surface area (Å²) in [5, 5.41) is 0. The van der Waals surface area contributed by atoms with E-state index in [9.17, 15) is 9.18 Å². The van der Waals surface area contributed by atoms with Gasteiger partial charge in [0.1, 0.15) is 17.3 Å². The van der Waals surface area contributed by atoms with E-state index in [1.54, 1.807) is 25.3 Å². The third-order valence-electron chi connectivity index (χ3n) is 3.89. The minimum absolute atomic E-state index is 0.304. The molecule has 126 valence electrons. The Morgan fingerprint density at radius 3 is 2.20 bits per heavy atom. The molecule has 0 aliphatic rings. The van der Waals surface area contributed by atoms with Gasteiger partial charge in [-0.3, -0.25) is 9.78 Å². The number of carbonyl (C=O) groups is 1. The lowest BCUT2D eigenvalue weighted by atomic mass is 10.0. The number of benzene rings is 2. The first kappa shape index (κ1) is 16.6. The Bertz CT molecular complexity index is 877. The number of primary amides is 1. The standard InChI is InChI=1S/C20H17FN2O2/c1-13(20(22)24)19-12-15(10-11-23-19)14-2-6-17(7-3-14)25-18-8-4-16(21)5-9-18/h2-13H,1H3,(H2,22,24). The molecule has 0 saturated heterocycles. The molecule has 0 spiro atoms. The summed E-state index contributed by atoms with van der Waals surface area (Å²) in [4.78, 5) is 15.5. The molecule has 2 aromatic carbocycles. The number of hydrogen-bond donors (Lipinski definition) is 1. The average molecular weight is 336 g/mol. The number of rotatable bonds is 5. The van der Waals surface area contributed by atoms with Crippen LogP contribution in [0.4, 0.5) is 4.39 Å². The van der Waals surface area contributed by atoms with Crippen molar-refractivity contribution in [3.63, 3.8) is 0 Å². The molecule has 0 fully saturated rings. The quantitative estimate of drug-likeness (QED) is 0.757. The van der Waals surface area contributed by atoms with Gasteiger partial charge in [-0.25, -0.2) is 4.39 Å². The highest BCUT2D eigenvalue weighted by Crippen LogP contribution is 2.27. The van der Waals surface area contributed by atoms with Crippen molar-refractivity contribution >= 4 is 5.91 Å². The number of amides is 1. The van der Waals surface area contributed by atoms with E-state index in [0.717, 1.165) is 11.1 Å². The molecular weight excluding hydrogens is 319 g/mol. The van der Waals surface area contributed by atoms with Gasteiger partial charge in [0.15, 0.2) is 0 Å². The first-order chi connectivity index (χ1) is 12.0. The summed E-state index contributed by atoms with van der Waals surface area (Å²) in [5.41, 5.74) is 7.88. The highest BCUT2D eigenvalue weighted by atomic mass is 19.1. The molecule has 2 N–H and O–H groups in total. The SMILES string of the molecule is CC(C(N)=O)c1cc(-c2ccc(Oc3ccc(F)cc3)cc2)ccn1. The second kappa shape index (κ2) is 7.13. The van der Waals surface area contributed by atoms with Crippen molar-refractivity contribution in [2.75, 3.05) is 0 Å². The van der Waals surface area contributed by atoms with Gasteiger partial charge < -0.3 is 10.5 Å². The maximum absolute atomic E-state index is 12.9. The molecule has 3 aromatic rings. The number of carbonyl (C=O) groups excluding carboxylic acids is 1. The molecule has 3 rings (SSSR count). The minimum Gasteiger partial charge on any atom is -0.457 e. The maximum Gasteiger partial charge on any atom is 0.226 e. The highest BCUT2D eigenvalue weighted by molar-refractivity contribution is 5.81. The van der Waals surface area contributed by atoms with E-state index in [0.29, 0.717) is 17.2 Å². The molecule has 5 heteroatoms. The molecule has 0 saturated carbocycles. The second-order valence-corrected chi connectivity index (χ2v) is 5.67. The monoisotopic (exact) mass is 336 g/mol. The van der Waals surface area contributed by atoms with Crippen LogP contribution in [-0.2, 0) is 4.79 Å². The summed E-state index contributed by atoms with van der Waals surface area (Å²) in [7, 11) is 0. The summed E-state index contributed by atoms with van der Waals surface area (Å²) in [6, 6.07) is 17.0. The Hall–Kier alpha value is -3.21. The summed E-state index contributed by atoms with van der Waals surface area (Å²) in [5.74, 6) is 0.0564. The fraction of sp³-hybridized carbons (Fsp3) is 0.100. The van der Waals surface area contributed by atoms with Crippen molar-refractivity contribution < 1.29 is 13.9 Å². The van der Waals surface area contributed by atoms with Gasteiger partial charge in [-0.05, 0) is 66.6 Å². The van der Waals surface area contributed by atoms with Crippen molar-refractivity contribution in [2.45, 2.75) is 12.8 Å². The molecule has 0 aliphatic heterocycles. The van der Waals surface area contributed by atoms with Crippen LogP contribution in [0.3, 0.4) is 0 Å². The largest absolute Gasteiger partial charge is 0.457 e. The van der Waals surface area contributed by atoms with Crippen LogP contribution in [0, 0.1) is 5.82 Å². The van der Waals surface area contributed by atoms with E-state index in [1.807, 2.05) is 36.4 Å². The zero-order chi connectivity index (χ0) is 17.8. The molecule has 25 heavy (non-hydrogen) atoms.